The summed E-state index contributed by atoms with van der Waals surface area (Å²) in [6, 6.07) is 5.51. The molecule has 5 rings (SSSR count). The first-order chi connectivity index (χ1) is 12.6. The van der Waals surface area contributed by atoms with Gasteiger partial charge in [-0.05, 0) is 68.8 Å². The van der Waals surface area contributed by atoms with Crippen molar-refractivity contribution in [2.45, 2.75) is 56.9 Å². The molecule has 0 saturated carbocycles. The highest BCUT2D eigenvalue weighted by Gasteiger charge is 2.51. The van der Waals surface area contributed by atoms with Crippen LogP contribution in [-0.2, 0) is 11.8 Å². The zero-order chi connectivity index (χ0) is 17.9. The third-order valence-electron chi connectivity index (χ3n) is 6.84. The van der Waals surface area contributed by atoms with Crippen LogP contribution in [0.15, 0.2) is 24.5 Å². The van der Waals surface area contributed by atoms with E-state index in [0.717, 1.165) is 55.8 Å². The fraction of sp³-hybridized carbons (Fsp3) is 0.524. The maximum absolute atomic E-state index is 14.2. The average Bonchev–Trinajstić information content (AvgIpc) is 3.14. The Bertz CT molecular complexity index is 859. The minimum Gasteiger partial charge on any atom is -0.322 e. The van der Waals surface area contributed by atoms with E-state index in [1.807, 2.05) is 6.07 Å². The molecule has 2 aliphatic heterocycles. The molecule has 136 valence electrons. The molecule has 3 atom stereocenters. The normalized spacial score (nSPS) is 29.9. The van der Waals surface area contributed by atoms with Gasteiger partial charge in [-0.2, -0.15) is 0 Å². The quantitative estimate of drug-likeness (QED) is 0.847. The van der Waals surface area contributed by atoms with Crippen LogP contribution in [-0.4, -0.2) is 29.1 Å². The Kier molecular flexibility index (Phi) is 3.58. The number of benzene rings is 1. The summed E-state index contributed by atoms with van der Waals surface area (Å²) in [5, 5.41) is 3.56. The van der Waals surface area contributed by atoms with Gasteiger partial charge in [0.15, 0.2) is 0 Å². The predicted molar refractivity (Wildman–Crippen MR) is 101 cm³/mol. The van der Waals surface area contributed by atoms with Gasteiger partial charge >= 0.3 is 0 Å². The molecule has 1 spiro atoms. The third kappa shape index (κ3) is 2.10. The van der Waals surface area contributed by atoms with Crippen molar-refractivity contribution in [1.82, 2.24) is 15.3 Å². The van der Waals surface area contributed by atoms with Crippen LogP contribution in [0, 0.1) is 5.82 Å². The summed E-state index contributed by atoms with van der Waals surface area (Å²) in [7, 11) is 0. The SMILES string of the molecule is C[C@@H]1CCc2ncnc(N3c4ccc(F)cc4[C@@]4(CCCNC4)[C@H]3C)c21. The zero-order valence-corrected chi connectivity index (χ0v) is 15.4. The lowest BCUT2D eigenvalue weighted by Crippen LogP contribution is -2.51. The number of aromatic nitrogens is 2. The number of rotatable bonds is 1. The van der Waals surface area contributed by atoms with Crippen LogP contribution >= 0.6 is 0 Å². The standard InChI is InChI=1S/C21H25FN4/c1-13-4-6-17-19(13)20(25-12-24-17)26-14(2)21(8-3-9-23-11-21)16-10-15(22)5-7-18(16)26/h5,7,10,12-14,23H,3-4,6,8-9,11H2,1-2H3/t13-,14-,21-/m1/s1. The van der Waals surface area contributed by atoms with Crippen LogP contribution in [0.5, 0.6) is 0 Å². The van der Waals surface area contributed by atoms with Crippen molar-refractivity contribution in [1.29, 1.82) is 0 Å². The summed E-state index contributed by atoms with van der Waals surface area (Å²) in [5.41, 5.74) is 4.66. The molecule has 0 bridgehead atoms. The maximum Gasteiger partial charge on any atom is 0.140 e. The van der Waals surface area contributed by atoms with Crippen LogP contribution in [0.2, 0.25) is 0 Å². The van der Waals surface area contributed by atoms with E-state index < -0.39 is 0 Å². The monoisotopic (exact) mass is 352 g/mol. The molecular weight excluding hydrogens is 327 g/mol. The molecule has 26 heavy (non-hydrogen) atoms. The summed E-state index contributed by atoms with van der Waals surface area (Å²) < 4.78 is 14.2. The first-order valence-corrected chi connectivity index (χ1v) is 9.75. The van der Waals surface area contributed by atoms with Gasteiger partial charge in [0.25, 0.3) is 0 Å². The number of nitrogens with one attached hydrogen (secondary N) is 1. The van der Waals surface area contributed by atoms with Gasteiger partial charge in [-0.15, -0.1) is 0 Å². The van der Waals surface area contributed by atoms with Crippen molar-refractivity contribution in [3.63, 3.8) is 0 Å². The molecule has 3 heterocycles. The van der Waals surface area contributed by atoms with Gasteiger partial charge in [0.05, 0.1) is 0 Å². The Labute approximate surface area is 153 Å². The van der Waals surface area contributed by atoms with E-state index in [9.17, 15) is 4.39 Å². The van der Waals surface area contributed by atoms with E-state index in [1.54, 1.807) is 18.5 Å². The number of fused-ring (bicyclic) bond motifs is 3. The lowest BCUT2D eigenvalue weighted by Gasteiger charge is -2.40. The van der Waals surface area contributed by atoms with Gasteiger partial charge in [-0.1, -0.05) is 6.92 Å². The van der Waals surface area contributed by atoms with Gasteiger partial charge in [-0.25, -0.2) is 14.4 Å². The fourth-order valence-corrected chi connectivity index (χ4v) is 5.43. The second-order valence-corrected chi connectivity index (χ2v) is 8.14. The van der Waals surface area contributed by atoms with E-state index in [2.05, 4.69) is 29.0 Å². The van der Waals surface area contributed by atoms with Crippen LogP contribution in [0.25, 0.3) is 0 Å². The van der Waals surface area contributed by atoms with Crippen LogP contribution in [0.1, 0.15) is 55.8 Å². The zero-order valence-electron chi connectivity index (χ0n) is 15.4. The largest absolute Gasteiger partial charge is 0.322 e. The Morgan fingerprint density at radius 2 is 2.15 bits per heavy atom. The van der Waals surface area contributed by atoms with Gasteiger partial charge in [-0.3, -0.25) is 0 Å². The average molecular weight is 352 g/mol. The molecule has 1 aliphatic carbocycles. The van der Waals surface area contributed by atoms with Crippen LogP contribution < -0.4 is 10.2 Å². The van der Waals surface area contributed by atoms with Gasteiger partial charge in [0.1, 0.15) is 18.0 Å². The number of nitrogens with zero attached hydrogens (tertiary/aromatic N) is 3. The van der Waals surface area contributed by atoms with E-state index in [4.69, 9.17) is 4.98 Å². The molecular formula is C21H25FN4. The number of hydrogen-bond donors (Lipinski definition) is 1. The van der Waals surface area contributed by atoms with Crippen molar-refractivity contribution in [2.75, 3.05) is 18.0 Å². The maximum atomic E-state index is 14.2. The predicted octanol–water partition coefficient (Wildman–Crippen LogP) is 3.83. The van der Waals surface area contributed by atoms with Crippen molar-refractivity contribution in [2.24, 2.45) is 0 Å². The Hall–Kier alpha value is -2.01. The molecule has 1 N–H and O–H groups in total. The lowest BCUT2D eigenvalue weighted by molar-refractivity contribution is 0.285. The highest BCUT2D eigenvalue weighted by molar-refractivity contribution is 5.75. The number of hydrogen-bond acceptors (Lipinski definition) is 4. The van der Waals surface area contributed by atoms with E-state index >= 15 is 0 Å². The highest BCUT2D eigenvalue weighted by Crippen LogP contribution is 2.53. The van der Waals surface area contributed by atoms with Gasteiger partial charge in [0.2, 0.25) is 0 Å². The third-order valence-corrected chi connectivity index (χ3v) is 6.84. The summed E-state index contributed by atoms with van der Waals surface area (Å²) in [4.78, 5) is 11.6. The Morgan fingerprint density at radius 3 is 2.96 bits per heavy atom. The van der Waals surface area contributed by atoms with Gasteiger partial charge in [0, 0.05) is 34.9 Å². The molecule has 1 saturated heterocycles. The van der Waals surface area contributed by atoms with E-state index in [-0.39, 0.29) is 17.3 Å². The smallest absolute Gasteiger partial charge is 0.140 e. The Morgan fingerprint density at radius 1 is 1.27 bits per heavy atom. The van der Waals surface area contributed by atoms with Crippen LogP contribution in [0.4, 0.5) is 15.9 Å². The van der Waals surface area contributed by atoms with Crippen LogP contribution in [0.3, 0.4) is 0 Å². The van der Waals surface area contributed by atoms with E-state index in [1.165, 1.54) is 11.3 Å². The molecule has 4 nitrogen and oxygen atoms in total. The minimum absolute atomic E-state index is 0.0602. The molecule has 2 aromatic rings. The minimum atomic E-state index is -0.149. The highest BCUT2D eigenvalue weighted by atomic mass is 19.1. The summed E-state index contributed by atoms with van der Waals surface area (Å²) in [6.07, 6.45) is 6.05. The summed E-state index contributed by atoms with van der Waals surface area (Å²) >= 11 is 0. The molecule has 1 aromatic carbocycles. The molecule has 1 fully saturated rings. The fourth-order valence-electron chi connectivity index (χ4n) is 5.43. The van der Waals surface area contributed by atoms with Crippen molar-refractivity contribution in [3.8, 4) is 0 Å². The first-order valence-electron chi connectivity index (χ1n) is 9.75. The number of aryl methyl sites for hydroxylation is 1. The number of piperidine rings is 1. The number of halogens is 1. The second-order valence-electron chi connectivity index (χ2n) is 8.14. The summed E-state index contributed by atoms with van der Waals surface area (Å²) in [6.45, 7) is 6.48. The second kappa shape index (κ2) is 5.74. The van der Waals surface area contributed by atoms with Crippen molar-refractivity contribution >= 4 is 11.5 Å². The molecule has 0 unspecified atom stereocenters. The molecule has 0 radical (unpaired) electrons. The Balaban J connectivity index is 1.71. The van der Waals surface area contributed by atoms with E-state index in [0.29, 0.717) is 5.92 Å². The molecule has 1 aromatic heterocycles. The van der Waals surface area contributed by atoms with Gasteiger partial charge < -0.3 is 10.2 Å². The van der Waals surface area contributed by atoms with Crippen molar-refractivity contribution in [3.05, 3.63) is 47.2 Å². The van der Waals surface area contributed by atoms with Crippen molar-refractivity contribution < 1.29 is 4.39 Å². The molecule has 3 aliphatic rings. The lowest BCUT2D eigenvalue weighted by atomic mass is 9.72. The molecule has 5 heteroatoms. The molecule has 0 amide bonds. The summed E-state index contributed by atoms with van der Waals surface area (Å²) in [5.74, 6) is 1.35. The number of anilines is 2. The first kappa shape index (κ1) is 16.2. The topological polar surface area (TPSA) is 41.1 Å².